The Morgan fingerprint density at radius 3 is 2.91 bits per heavy atom. The molecular weight excluding hydrogens is 292 g/mol. The van der Waals surface area contributed by atoms with Crippen molar-refractivity contribution in [2.24, 2.45) is 0 Å². The summed E-state index contributed by atoms with van der Waals surface area (Å²) in [6, 6.07) is 4.60. The van der Waals surface area contributed by atoms with Gasteiger partial charge in [0.1, 0.15) is 12.7 Å². The lowest BCUT2D eigenvalue weighted by molar-refractivity contribution is -0.151. The molecule has 2 rings (SSSR count). The van der Waals surface area contributed by atoms with Crippen LogP contribution in [0.4, 0.5) is 0 Å². The average molecular weight is 308 g/mol. The zero-order valence-corrected chi connectivity index (χ0v) is 11.9. The number of phenols is 1. The maximum Gasteiger partial charge on any atom is 0.330 e. The lowest BCUT2D eigenvalue weighted by Crippen LogP contribution is -2.27. The van der Waals surface area contributed by atoms with E-state index >= 15 is 0 Å². The topological polar surface area (TPSA) is 102 Å². The Morgan fingerprint density at radius 1 is 1.50 bits per heavy atom. The van der Waals surface area contributed by atoms with E-state index in [-0.39, 0.29) is 24.5 Å². The number of methoxy groups -OCH3 is 1. The lowest BCUT2D eigenvalue weighted by atomic mass is 10.2. The number of hydrogen-bond acceptors (Lipinski definition) is 7. The Morgan fingerprint density at radius 2 is 2.27 bits per heavy atom. The molecule has 7 nitrogen and oxygen atoms in total. The van der Waals surface area contributed by atoms with E-state index in [0.717, 1.165) is 0 Å². The molecule has 0 bridgehead atoms. The molecule has 1 fully saturated rings. The maximum atomic E-state index is 11.6. The van der Waals surface area contributed by atoms with Crippen molar-refractivity contribution in [3.63, 3.8) is 0 Å². The molecule has 1 aromatic carbocycles. The fraction of sp³-hybridized carbons (Fsp3) is 0.333. The van der Waals surface area contributed by atoms with E-state index < -0.39 is 24.1 Å². The van der Waals surface area contributed by atoms with Crippen molar-refractivity contribution in [1.29, 1.82) is 0 Å². The Kier molecular flexibility index (Phi) is 5.00. The first-order chi connectivity index (χ1) is 10.5. The van der Waals surface area contributed by atoms with Crippen LogP contribution in [0.1, 0.15) is 12.0 Å². The number of carbonyl (C=O) groups excluding carboxylic acids is 2. The van der Waals surface area contributed by atoms with Crippen molar-refractivity contribution < 1.29 is 34.0 Å². The van der Waals surface area contributed by atoms with E-state index in [1.54, 1.807) is 12.1 Å². The average Bonchev–Trinajstić information content (AvgIpc) is 2.82. The fourth-order valence-electron chi connectivity index (χ4n) is 1.92. The molecule has 0 radical (unpaired) electrons. The normalized spacial score (nSPS) is 20.9. The van der Waals surface area contributed by atoms with E-state index in [1.807, 2.05) is 0 Å². The van der Waals surface area contributed by atoms with Crippen LogP contribution in [0.2, 0.25) is 0 Å². The van der Waals surface area contributed by atoms with Crippen molar-refractivity contribution in [3.8, 4) is 11.5 Å². The van der Waals surface area contributed by atoms with Crippen LogP contribution < -0.4 is 4.74 Å². The smallest absolute Gasteiger partial charge is 0.330 e. The highest BCUT2D eigenvalue weighted by Crippen LogP contribution is 2.26. The van der Waals surface area contributed by atoms with Gasteiger partial charge in [-0.05, 0) is 23.8 Å². The predicted molar refractivity (Wildman–Crippen MR) is 75.2 cm³/mol. The Bertz CT molecular complexity index is 594. The number of esters is 2. The third-order valence-corrected chi connectivity index (χ3v) is 3.09. The number of hydrogen-bond donors (Lipinski definition) is 2. The molecule has 1 aliphatic heterocycles. The van der Waals surface area contributed by atoms with Crippen LogP contribution >= 0.6 is 0 Å². The van der Waals surface area contributed by atoms with Gasteiger partial charge in [-0.3, -0.25) is 4.79 Å². The van der Waals surface area contributed by atoms with Crippen LogP contribution in [0, 0.1) is 0 Å². The second-order valence-electron chi connectivity index (χ2n) is 4.69. The summed E-state index contributed by atoms with van der Waals surface area (Å²) in [5.74, 6) is -0.863. The van der Waals surface area contributed by atoms with Crippen LogP contribution in [-0.2, 0) is 19.1 Å². The zero-order chi connectivity index (χ0) is 16.1. The highest BCUT2D eigenvalue weighted by atomic mass is 16.6. The van der Waals surface area contributed by atoms with E-state index in [0.29, 0.717) is 5.56 Å². The summed E-state index contributed by atoms with van der Waals surface area (Å²) >= 11 is 0. The SMILES string of the molecule is COc1cc(C=CC(=O)OCC2OC(=O)CC2O)ccc1O. The number of ether oxygens (including phenoxy) is 3. The molecule has 0 aromatic heterocycles. The van der Waals surface area contributed by atoms with E-state index in [1.165, 1.54) is 25.3 Å². The molecule has 7 heteroatoms. The molecule has 1 aliphatic rings. The van der Waals surface area contributed by atoms with Gasteiger partial charge in [-0.1, -0.05) is 6.07 Å². The number of rotatable bonds is 5. The van der Waals surface area contributed by atoms with Crippen LogP contribution in [0.15, 0.2) is 24.3 Å². The van der Waals surface area contributed by atoms with Crippen LogP contribution in [-0.4, -0.2) is 48.1 Å². The van der Waals surface area contributed by atoms with Crippen LogP contribution in [0.5, 0.6) is 11.5 Å². The van der Waals surface area contributed by atoms with Crippen LogP contribution in [0.3, 0.4) is 0 Å². The molecule has 2 atom stereocenters. The minimum atomic E-state index is -0.953. The molecule has 22 heavy (non-hydrogen) atoms. The maximum absolute atomic E-state index is 11.6. The summed E-state index contributed by atoms with van der Waals surface area (Å²) in [6.07, 6.45) is 0.811. The summed E-state index contributed by atoms with van der Waals surface area (Å²) in [4.78, 5) is 22.5. The number of phenolic OH excluding ortho intramolecular Hbond substituents is 1. The summed E-state index contributed by atoms with van der Waals surface area (Å²) in [5, 5.41) is 18.9. The number of aromatic hydroxyl groups is 1. The first kappa shape index (κ1) is 15.8. The summed E-state index contributed by atoms with van der Waals surface area (Å²) in [7, 11) is 1.42. The Balaban J connectivity index is 1.87. The zero-order valence-electron chi connectivity index (χ0n) is 11.9. The molecule has 2 unspecified atom stereocenters. The van der Waals surface area contributed by atoms with E-state index in [2.05, 4.69) is 0 Å². The number of benzene rings is 1. The van der Waals surface area contributed by atoms with E-state index in [9.17, 15) is 19.8 Å². The molecule has 0 aliphatic carbocycles. The molecule has 0 saturated carbocycles. The van der Waals surface area contributed by atoms with Gasteiger partial charge < -0.3 is 24.4 Å². The standard InChI is InChI=1S/C15H16O7/c1-20-12-6-9(2-4-10(12)16)3-5-14(18)21-8-13-11(17)7-15(19)22-13/h2-6,11,13,16-17H,7-8H2,1H3. The molecule has 1 aromatic rings. The van der Waals surface area contributed by atoms with Crippen molar-refractivity contribution in [2.75, 3.05) is 13.7 Å². The number of aliphatic hydroxyl groups is 1. The summed E-state index contributed by atoms with van der Waals surface area (Å²) in [5.41, 5.74) is 0.638. The van der Waals surface area contributed by atoms with Crippen molar-refractivity contribution >= 4 is 18.0 Å². The highest BCUT2D eigenvalue weighted by Gasteiger charge is 2.33. The lowest BCUT2D eigenvalue weighted by Gasteiger charge is -2.12. The molecule has 1 heterocycles. The van der Waals surface area contributed by atoms with Gasteiger partial charge in [0.2, 0.25) is 0 Å². The first-order valence-corrected chi connectivity index (χ1v) is 6.59. The van der Waals surface area contributed by atoms with Crippen molar-refractivity contribution in [2.45, 2.75) is 18.6 Å². The minimum Gasteiger partial charge on any atom is -0.504 e. The van der Waals surface area contributed by atoms with Crippen molar-refractivity contribution in [3.05, 3.63) is 29.8 Å². The molecule has 118 valence electrons. The molecule has 0 spiro atoms. The molecular formula is C15H16O7. The second-order valence-corrected chi connectivity index (χ2v) is 4.69. The Hall–Kier alpha value is -2.54. The van der Waals surface area contributed by atoms with Crippen molar-refractivity contribution in [1.82, 2.24) is 0 Å². The monoisotopic (exact) mass is 308 g/mol. The van der Waals surface area contributed by atoms with Gasteiger partial charge in [0, 0.05) is 6.08 Å². The number of cyclic esters (lactones) is 1. The molecule has 1 saturated heterocycles. The highest BCUT2D eigenvalue weighted by molar-refractivity contribution is 5.87. The van der Waals surface area contributed by atoms with Gasteiger partial charge in [0.05, 0.1) is 13.5 Å². The largest absolute Gasteiger partial charge is 0.504 e. The van der Waals surface area contributed by atoms with Gasteiger partial charge >= 0.3 is 11.9 Å². The second kappa shape index (κ2) is 6.95. The molecule has 0 amide bonds. The summed E-state index contributed by atoms with van der Waals surface area (Å²) < 4.78 is 14.7. The van der Waals surface area contributed by atoms with E-state index in [4.69, 9.17) is 14.2 Å². The van der Waals surface area contributed by atoms with Crippen LogP contribution in [0.25, 0.3) is 6.08 Å². The minimum absolute atomic E-state index is 0.000682. The summed E-state index contributed by atoms with van der Waals surface area (Å²) in [6.45, 7) is -0.199. The first-order valence-electron chi connectivity index (χ1n) is 6.59. The number of aliphatic hydroxyl groups excluding tert-OH is 1. The van der Waals surface area contributed by atoms with Gasteiger partial charge in [0.25, 0.3) is 0 Å². The van der Waals surface area contributed by atoms with Gasteiger partial charge in [-0.25, -0.2) is 4.79 Å². The van der Waals surface area contributed by atoms with Gasteiger partial charge in [0.15, 0.2) is 17.6 Å². The molecule has 2 N–H and O–H groups in total. The Labute approximate surface area is 126 Å². The predicted octanol–water partition coefficient (Wildman–Crippen LogP) is 0.634. The number of carbonyl (C=O) groups is 2. The fourth-order valence-corrected chi connectivity index (χ4v) is 1.92. The third kappa shape index (κ3) is 3.98. The van der Waals surface area contributed by atoms with Gasteiger partial charge in [-0.15, -0.1) is 0 Å². The van der Waals surface area contributed by atoms with Gasteiger partial charge in [-0.2, -0.15) is 0 Å². The third-order valence-electron chi connectivity index (χ3n) is 3.09. The quantitative estimate of drug-likeness (QED) is 0.607.